The van der Waals surface area contributed by atoms with Crippen molar-refractivity contribution in [2.24, 2.45) is 0 Å². The second-order valence-corrected chi connectivity index (χ2v) is 6.91. The average molecular weight is 394 g/mol. The Morgan fingerprint density at radius 1 is 1.14 bits per heavy atom. The zero-order valence-corrected chi connectivity index (χ0v) is 15.9. The highest BCUT2D eigenvalue weighted by molar-refractivity contribution is 7.10. The minimum atomic E-state index is -0.359. The number of rotatable bonds is 4. The van der Waals surface area contributed by atoms with Gasteiger partial charge in [0.2, 0.25) is 5.13 Å². The van der Waals surface area contributed by atoms with Crippen LogP contribution in [0.3, 0.4) is 0 Å². The van der Waals surface area contributed by atoms with Gasteiger partial charge in [-0.25, -0.2) is 9.07 Å². The summed E-state index contributed by atoms with van der Waals surface area (Å²) in [5, 5.41) is 11.3. The Bertz CT molecular complexity index is 1170. The molecule has 0 spiro atoms. The van der Waals surface area contributed by atoms with Crippen LogP contribution in [0.5, 0.6) is 0 Å². The maximum atomic E-state index is 13.5. The highest BCUT2D eigenvalue weighted by Gasteiger charge is 2.18. The highest BCUT2D eigenvalue weighted by Crippen LogP contribution is 2.24. The largest absolute Gasteiger partial charge is 0.297 e. The van der Waals surface area contributed by atoms with E-state index in [0.29, 0.717) is 33.6 Å². The summed E-state index contributed by atoms with van der Waals surface area (Å²) in [6.07, 6.45) is 0. The summed E-state index contributed by atoms with van der Waals surface area (Å²) in [5.74, 6) is -0.266. The average Bonchev–Trinajstić information content (AvgIpc) is 3.28. The minimum absolute atomic E-state index is 0.258. The van der Waals surface area contributed by atoms with Gasteiger partial charge < -0.3 is 0 Å². The second kappa shape index (κ2) is 7.28. The molecule has 4 aromatic rings. The third kappa shape index (κ3) is 3.52. The van der Waals surface area contributed by atoms with Gasteiger partial charge in [-0.2, -0.15) is 9.36 Å². The molecule has 9 heteroatoms. The maximum absolute atomic E-state index is 13.5. The van der Waals surface area contributed by atoms with Crippen LogP contribution < -0.4 is 5.32 Å². The van der Waals surface area contributed by atoms with E-state index in [1.54, 1.807) is 31.2 Å². The minimum Gasteiger partial charge on any atom is -0.297 e. The molecule has 28 heavy (non-hydrogen) atoms. The zero-order chi connectivity index (χ0) is 19.7. The molecule has 0 unspecified atom stereocenters. The van der Waals surface area contributed by atoms with Gasteiger partial charge in [-0.05, 0) is 44.2 Å². The Hall–Kier alpha value is -3.46. The van der Waals surface area contributed by atoms with Crippen LogP contribution in [0.25, 0.3) is 17.2 Å². The summed E-state index contributed by atoms with van der Waals surface area (Å²) in [5.41, 5.74) is 3.23. The van der Waals surface area contributed by atoms with Gasteiger partial charge >= 0.3 is 0 Å². The number of nitrogens with zero attached hydrogens (tertiary/aromatic N) is 5. The van der Waals surface area contributed by atoms with E-state index in [0.717, 1.165) is 17.1 Å². The lowest BCUT2D eigenvalue weighted by molar-refractivity contribution is 0.102. The molecule has 0 aliphatic carbocycles. The van der Waals surface area contributed by atoms with Crippen molar-refractivity contribution in [2.45, 2.75) is 13.8 Å². The van der Waals surface area contributed by atoms with Gasteiger partial charge in [0.15, 0.2) is 11.5 Å². The lowest BCUT2D eigenvalue weighted by Crippen LogP contribution is -2.11. The summed E-state index contributed by atoms with van der Waals surface area (Å²) in [7, 11) is 0. The quantitative estimate of drug-likeness (QED) is 0.569. The third-order valence-corrected chi connectivity index (χ3v) is 4.72. The van der Waals surface area contributed by atoms with Crippen LogP contribution in [0.2, 0.25) is 0 Å². The number of aromatic nitrogens is 5. The van der Waals surface area contributed by atoms with Crippen LogP contribution in [0.15, 0.2) is 48.5 Å². The normalized spacial score (nSPS) is 10.8. The Kier molecular flexibility index (Phi) is 4.66. The Balaban J connectivity index is 1.57. The van der Waals surface area contributed by atoms with Gasteiger partial charge in [-0.3, -0.25) is 10.1 Å². The van der Waals surface area contributed by atoms with Crippen LogP contribution >= 0.6 is 11.5 Å². The first kappa shape index (κ1) is 17.9. The van der Waals surface area contributed by atoms with Crippen LogP contribution in [0.1, 0.15) is 21.6 Å². The molecule has 1 N–H and O–H groups in total. The van der Waals surface area contributed by atoms with E-state index in [9.17, 15) is 9.18 Å². The summed E-state index contributed by atoms with van der Waals surface area (Å²) in [4.78, 5) is 16.7. The van der Waals surface area contributed by atoms with E-state index in [1.807, 2.05) is 19.1 Å². The van der Waals surface area contributed by atoms with E-state index < -0.39 is 0 Å². The fourth-order valence-electron chi connectivity index (χ4n) is 2.71. The van der Waals surface area contributed by atoms with Crippen LogP contribution in [-0.2, 0) is 0 Å². The van der Waals surface area contributed by atoms with Crippen molar-refractivity contribution in [3.8, 4) is 17.2 Å². The fraction of sp³-hybridized carbons (Fsp3) is 0.105. The number of aryl methyl sites for hydroxylation is 1. The smallest absolute Gasteiger partial charge is 0.257 e. The van der Waals surface area contributed by atoms with Crippen LogP contribution in [0.4, 0.5) is 9.52 Å². The van der Waals surface area contributed by atoms with Gasteiger partial charge in [-0.15, -0.1) is 5.10 Å². The number of halogens is 1. The Morgan fingerprint density at radius 2 is 1.96 bits per heavy atom. The van der Waals surface area contributed by atoms with Crippen LogP contribution in [-0.4, -0.2) is 30.3 Å². The number of amides is 1. The van der Waals surface area contributed by atoms with Crippen molar-refractivity contribution < 1.29 is 9.18 Å². The summed E-state index contributed by atoms with van der Waals surface area (Å²) >= 11 is 1.06. The molecule has 0 saturated heterocycles. The van der Waals surface area contributed by atoms with Crippen molar-refractivity contribution in [1.29, 1.82) is 0 Å². The van der Waals surface area contributed by atoms with Crippen molar-refractivity contribution in [3.05, 3.63) is 71.2 Å². The molecule has 2 aromatic heterocycles. The molecule has 0 fully saturated rings. The first-order valence-electron chi connectivity index (χ1n) is 8.41. The number of nitrogens with one attached hydrogen (secondary N) is 1. The molecular weight excluding hydrogens is 379 g/mol. The molecule has 0 aliphatic rings. The number of benzene rings is 2. The number of carbonyl (C=O) groups is 1. The predicted octanol–water partition coefficient (Wildman–Crippen LogP) is 3.79. The van der Waals surface area contributed by atoms with Crippen molar-refractivity contribution in [2.75, 3.05) is 5.32 Å². The zero-order valence-electron chi connectivity index (χ0n) is 15.0. The molecule has 140 valence electrons. The molecule has 0 radical (unpaired) electrons. The van der Waals surface area contributed by atoms with Gasteiger partial charge in [0.1, 0.15) is 5.82 Å². The van der Waals surface area contributed by atoms with Gasteiger partial charge in [0.05, 0.1) is 11.4 Å². The maximum Gasteiger partial charge on any atom is 0.257 e. The van der Waals surface area contributed by atoms with Gasteiger partial charge in [0, 0.05) is 17.1 Å². The molecule has 2 heterocycles. The standard InChI is InChI=1S/C19H15FN6OS/c1-11-5-3-6-13(9-11)18(27)22-19-21-17(24-28-19)16-12(2)26(25-23-16)15-8-4-7-14(20)10-15/h3-10H,1-2H3,(H,21,22,24,27). The molecule has 2 aromatic carbocycles. The lowest BCUT2D eigenvalue weighted by Gasteiger charge is -2.03. The molecule has 7 nitrogen and oxygen atoms in total. The second-order valence-electron chi connectivity index (χ2n) is 6.16. The summed E-state index contributed by atoms with van der Waals surface area (Å²) in [6.45, 7) is 3.72. The highest BCUT2D eigenvalue weighted by atomic mass is 32.1. The molecule has 0 saturated carbocycles. The van der Waals surface area contributed by atoms with E-state index >= 15 is 0 Å². The van der Waals surface area contributed by atoms with Gasteiger partial charge in [-0.1, -0.05) is 29.0 Å². The van der Waals surface area contributed by atoms with E-state index in [4.69, 9.17) is 0 Å². The Labute approximate surface area is 164 Å². The number of carbonyl (C=O) groups excluding carboxylic acids is 1. The molecule has 0 aliphatic heterocycles. The van der Waals surface area contributed by atoms with Gasteiger partial charge in [0.25, 0.3) is 5.91 Å². The number of anilines is 1. The molecule has 0 atom stereocenters. The fourth-order valence-corrected chi connectivity index (χ4v) is 3.28. The molecule has 0 bridgehead atoms. The predicted molar refractivity (Wildman–Crippen MR) is 104 cm³/mol. The van der Waals surface area contributed by atoms with E-state index in [2.05, 4.69) is 25.0 Å². The van der Waals surface area contributed by atoms with Crippen molar-refractivity contribution in [3.63, 3.8) is 0 Å². The topological polar surface area (TPSA) is 85.6 Å². The molecular formula is C19H15FN6OS. The van der Waals surface area contributed by atoms with Crippen LogP contribution in [0, 0.1) is 19.7 Å². The van der Waals surface area contributed by atoms with E-state index in [-0.39, 0.29) is 11.7 Å². The number of hydrogen-bond acceptors (Lipinski definition) is 6. The van der Waals surface area contributed by atoms with E-state index in [1.165, 1.54) is 16.8 Å². The SMILES string of the molecule is Cc1cccc(C(=O)Nc2nc(-c3nnn(-c4cccc(F)c4)c3C)ns2)c1. The third-order valence-electron chi connectivity index (χ3n) is 4.09. The van der Waals surface area contributed by atoms with Crippen molar-refractivity contribution >= 4 is 22.6 Å². The Morgan fingerprint density at radius 3 is 2.75 bits per heavy atom. The van der Waals surface area contributed by atoms with Crippen molar-refractivity contribution in [1.82, 2.24) is 24.4 Å². The molecule has 1 amide bonds. The summed E-state index contributed by atoms with van der Waals surface area (Å²) in [6, 6.07) is 13.3. The first-order chi connectivity index (χ1) is 13.5. The molecule has 4 rings (SSSR count). The monoisotopic (exact) mass is 394 g/mol. The summed E-state index contributed by atoms with van der Waals surface area (Å²) < 4.78 is 19.3. The lowest BCUT2D eigenvalue weighted by atomic mass is 10.1. The number of hydrogen-bond donors (Lipinski definition) is 1. The first-order valence-corrected chi connectivity index (χ1v) is 9.19.